The second-order valence-corrected chi connectivity index (χ2v) is 7.37. The minimum atomic E-state index is 0.120. The summed E-state index contributed by atoms with van der Waals surface area (Å²) in [5, 5.41) is 5.04. The van der Waals surface area contributed by atoms with E-state index < -0.39 is 0 Å². The molecule has 0 N–H and O–H groups in total. The topological polar surface area (TPSA) is 68.5 Å². The molecule has 2 aliphatic heterocycles. The van der Waals surface area contributed by atoms with Crippen LogP contribution >= 0.6 is 0 Å². The Bertz CT molecular complexity index is 941. The maximum absolute atomic E-state index is 13.0. The Hall–Kier alpha value is -2.89. The summed E-state index contributed by atoms with van der Waals surface area (Å²) in [5.74, 6) is 0.800. The molecule has 6 nitrogen and oxygen atoms in total. The minimum absolute atomic E-state index is 0.120. The predicted octanol–water partition coefficient (Wildman–Crippen LogP) is 3.37. The molecule has 2 aliphatic rings. The third-order valence-electron chi connectivity index (χ3n) is 5.67. The van der Waals surface area contributed by atoms with Gasteiger partial charge in [0.15, 0.2) is 5.58 Å². The number of ether oxygens (including phenoxy) is 1. The molecule has 5 rings (SSSR count). The zero-order chi connectivity index (χ0) is 18.2. The number of para-hydroxylation sites is 1. The van der Waals surface area contributed by atoms with E-state index in [1.54, 1.807) is 6.20 Å². The van der Waals surface area contributed by atoms with Crippen molar-refractivity contribution in [2.75, 3.05) is 0 Å². The van der Waals surface area contributed by atoms with Gasteiger partial charge in [0, 0.05) is 42.6 Å². The number of hydrogen-bond donors (Lipinski definition) is 0. The molecule has 2 atom stereocenters. The van der Waals surface area contributed by atoms with Crippen LogP contribution in [0.5, 0.6) is 5.88 Å². The molecule has 2 unspecified atom stereocenters. The average molecular weight is 363 g/mol. The van der Waals surface area contributed by atoms with Gasteiger partial charge in [0.2, 0.25) is 11.8 Å². The van der Waals surface area contributed by atoms with Crippen molar-refractivity contribution in [3.8, 4) is 5.88 Å². The zero-order valence-corrected chi connectivity index (χ0v) is 15.0. The Balaban J connectivity index is 1.28. The van der Waals surface area contributed by atoms with Crippen LogP contribution in [0.15, 0.2) is 53.2 Å². The van der Waals surface area contributed by atoms with Crippen LogP contribution in [0.4, 0.5) is 0 Å². The van der Waals surface area contributed by atoms with Gasteiger partial charge in [-0.15, -0.1) is 0 Å². The van der Waals surface area contributed by atoms with Crippen LogP contribution < -0.4 is 4.74 Å². The summed E-state index contributed by atoms with van der Waals surface area (Å²) < 4.78 is 11.4. The van der Waals surface area contributed by atoms with Crippen LogP contribution in [0.1, 0.15) is 31.4 Å². The number of benzene rings is 1. The molecule has 27 heavy (non-hydrogen) atoms. The second kappa shape index (κ2) is 6.68. The fourth-order valence-electron chi connectivity index (χ4n) is 4.52. The van der Waals surface area contributed by atoms with E-state index in [1.165, 1.54) is 0 Å². The normalized spacial score (nSPS) is 24.3. The lowest BCUT2D eigenvalue weighted by Gasteiger charge is -2.38. The van der Waals surface area contributed by atoms with E-state index in [0.717, 1.165) is 42.3 Å². The molecule has 2 aromatic heterocycles. The highest BCUT2D eigenvalue weighted by molar-refractivity contribution is 5.86. The molecular formula is C21H21N3O3. The maximum Gasteiger partial charge on any atom is 0.229 e. The van der Waals surface area contributed by atoms with Gasteiger partial charge in [-0.05, 0) is 31.0 Å². The molecule has 2 saturated heterocycles. The fourth-order valence-corrected chi connectivity index (χ4v) is 4.52. The van der Waals surface area contributed by atoms with E-state index in [-0.39, 0.29) is 30.5 Å². The van der Waals surface area contributed by atoms with Gasteiger partial charge in [-0.25, -0.2) is 4.98 Å². The highest BCUT2D eigenvalue weighted by Crippen LogP contribution is 2.37. The molecular weight excluding hydrogens is 342 g/mol. The van der Waals surface area contributed by atoms with Gasteiger partial charge in [0.1, 0.15) is 11.8 Å². The van der Waals surface area contributed by atoms with E-state index in [4.69, 9.17) is 9.26 Å². The molecule has 3 aromatic rings. The van der Waals surface area contributed by atoms with Crippen LogP contribution in [0.2, 0.25) is 0 Å². The summed E-state index contributed by atoms with van der Waals surface area (Å²) >= 11 is 0. The van der Waals surface area contributed by atoms with Gasteiger partial charge in [-0.2, -0.15) is 0 Å². The van der Waals surface area contributed by atoms with Crippen molar-refractivity contribution in [3.63, 3.8) is 0 Å². The molecule has 0 aliphatic carbocycles. The monoisotopic (exact) mass is 363 g/mol. The highest BCUT2D eigenvalue weighted by atomic mass is 16.5. The zero-order valence-electron chi connectivity index (χ0n) is 15.0. The van der Waals surface area contributed by atoms with Crippen molar-refractivity contribution in [1.82, 2.24) is 15.0 Å². The van der Waals surface area contributed by atoms with Crippen molar-refractivity contribution in [2.45, 2.75) is 50.3 Å². The Labute approximate surface area is 157 Å². The molecule has 4 heterocycles. The molecule has 6 heteroatoms. The molecule has 0 saturated carbocycles. The second-order valence-electron chi connectivity index (χ2n) is 7.37. The summed E-state index contributed by atoms with van der Waals surface area (Å²) in [5.41, 5.74) is 1.45. The quantitative estimate of drug-likeness (QED) is 0.711. The lowest BCUT2D eigenvalue weighted by molar-refractivity contribution is -0.136. The smallest absolute Gasteiger partial charge is 0.229 e. The van der Waals surface area contributed by atoms with Crippen molar-refractivity contribution in [1.29, 1.82) is 0 Å². The first-order valence-electron chi connectivity index (χ1n) is 9.50. The third-order valence-corrected chi connectivity index (χ3v) is 5.67. The van der Waals surface area contributed by atoms with E-state index in [9.17, 15) is 4.79 Å². The van der Waals surface area contributed by atoms with Crippen molar-refractivity contribution in [3.05, 3.63) is 54.4 Å². The van der Waals surface area contributed by atoms with Gasteiger partial charge < -0.3 is 14.2 Å². The summed E-state index contributed by atoms with van der Waals surface area (Å²) in [6.07, 6.45) is 5.95. The van der Waals surface area contributed by atoms with Crippen molar-refractivity contribution >= 4 is 16.9 Å². The summed E-state index contributed by atoms with van der Waals surface area (Å²) in [6, 6.07) is 13.9. The molecule has 138 valence electrons. The average Bonchev–Trinajstić information content (AvgIpc) is 3.21. The minimum Gasteiger partial charge on any atom is -0.474 e. The number of carbonyl (C=O) groups excluding carboxylic acids is 1. The molecule has 2 bridgehead atoms. The van der Waals surface area contributed by atoms with E-state index in [2.05, 4.69) is 15.0 Å². The fraction of sp³-hybridized carbons (Fsp3) is 0.381. The Kier molecular flexibility index (Phi) is 4.03. The number of fused-ring (bicyclic) bond motifs is 3. The Morgan fingerprint density at radius 1 is 1.11 bits per heavy atom. The van der Waals surface area contributed by atoms with Crippen LogP contribution in [0.3, 0.4) is 0 Å². The number of nitrogens with zero attached hydrogens (tertiary/aromatic N) is 3. The largest absolute Gasteiger partial charge is 0.474 e. The van der Waals surface area contributed by atoms with Crippen LogP contribution in [-0.2, 0) is 11.2 Å². The van der Waals surface area contributed by atoms with Crippen LogP contribution in [-0.4, -0.2) is 39.1 Å². The van der Waals surface area contributed by atoms with E-state index in [0.29, 0.717) is 5.88 Å². The van der Waals surface area contributed by atoms with Gasteiger partial charge in [-0.3, -0.25) is 4.79 Å². The van der Waals surface area contributed by atoms with Gasteiger partial charge in [0.05, 0.1) is 6.42 Å². The molecule has 1 aromatic carbocycles. The molecule has 0 spiro atoms. The first-order valence-corrected chi connectivity index (χ1v) is 9.50. The predicted molar refractivity (Wildman–Crippen MR) is 99.3 cm³/mol. The van der Waals surface area contributed by atoms with Gasteiger partial charge >= 0.3 is 0 Å². The lowest BCUT2D eigenvalue weighted by Crippen LogP contribution is -2.49. The lowest BCUT2D eigenvalue weighted by atomic mass is 9.98. The SMILES string of the molecule is O=C(Cc1noc2ccccc12)N1C2CCC1CC(Oc1ccccn1)C2. The molecule has 1 amide bonds. The highest BCUT2D eigenvalue weighted by Gasteiger charge is 2.44. The summed E-state index contributed by atoms with van der Waals surface area (Å²) in [4.78, 5) is 19.4. The van der Waals surface area contributed by atoms with Gasteiger partial charge in [0.25, 0.3) is 0 Å². The summed E-state index contributed by atoms with van der Waals surface area (Å²) in [6.45, 7) is 0. The number of rotatable bonds is 4. The number of aromatic nitrogens is 2. The summed E-state index contributed by atoms with van der Waals surface area (Å²) in [7, 11) is 0. The van der Waals surface area contributed by atoms with Crippen molar-refractivity contribution < 1.29 is 14.1 Å². The van der Waals surface area contributed by atoms with Crippen molar-refractivity contribution in [2.24, 2.45) is 0 Å². The Morgan fingerprint density at radius 2 is 1.89 bits per heavy atom. The first kappa shape index (κ1) is 16.3. The van der Waals surface area contributed by atoms with Crippen LogP contribution in [0.25, 0.3) is 11.0 Å². The number of carbonyl (C=O) groups is 1. The molecule has 2 fully saturated rings. The number of piperidine rings is 1. The molecule has 0 radical (unpaired) electrons. The number of amides is 1. The number of pyridine rings is 1. The standard InChI is InChI=1S/C21H21N3O3/c25-21(13-18-17-5-1-2-6-19(17)27-23-18)24-14-8-9-15(24)12-16(11-14)26-20-7-3-4-10-22-20/h1-7,10,14-16H,8-9,11-13H2. The maximum atomic E-state index is 13.0. The number of hydrogen-bond acceptors (Lipinski definition) is 5. The van der Waals surface area contributed by atoms with Gasteiger partial charge in [-0.1, -0.05) is 23.4 Å². The Morgan fingerprint density at radius 3 is 2.67 bits per heavy atom. The van der Waals surface area contributed by atoms with E-state index >= 15 is 0 Å². The third kappa shape index (κ3) is 3.05. The van der Waals surface area contributed by atoms with E-state index in [1.807, 2.05) is 42.5 Å². The van der Waals surface area contributed by atoms with Crippen LogP contribution in [0, 0.1) is 0 Å². The first-order chi connectivity index (χ1) is 13.3.